The van der Waals surface area contributed by atoms with E-state index in [2.05, 4.69) is 66.1 Å². The molecule has 0 bridgehead atoms. The number of carbonyl (C=O) groups excluding carboxylic acids is 1. The van der Waals surface area contributed by atoms with Gasteiger partial charge in [0.05, 0.1) is 17.7 Å². The maximum atomic E-state index is 13.1. The average molecular weight is 402 g/mol. The first-order valence-electron chi connectivity index (χ1n) is 11.1. The van der Waals surface area contributed by atoms with Crippen LogP contribution in [0.15, 0.2) is 54.6 Å². The molecule has 0 spiro atoms. The minimum absolute atomic E-state index is 0.182. The number of hydrogen-bond donors (Lipinski definition) is 0. The highest BCUT2D eigenvalue weighted by Crippen LogP contribution is 2.45. The van der Waals surface area contributed by atoms with Crippen molar-refractivity contribution in [2.75, 3.05) is 19.6 Å². The Hall–Kier alpha value is -2.64. The Labute approximate surface area is 180 Å². The molecular formula is C26H31N3O. The predicted molar refractivity (Wildman–Crippen MR) is 118 cm³/mol. The minimum atomic E-state index is 0.182. The monoisotopic (exact) mass is 401 g/mol. The molecule has 4 heteroatoms. The van der Waals surface area contributed by atoms with E-state index in [1.54, 1.807) is 0 Å². The second-order valence-electron chi connectivity index (χ2n) is 9.26. The van der Waals surface area contributed by atoms with Gasteiger partial charge in [0.1, 0.15) is 0 Å². The second kappa shape index (κ2) is 9.02. The van der Waals surface area contributed by atoms with E-state index in [1.807, 2.05) is 18.2 Å². The Morgan fingerprint density at radius 1 is 1.07 bits per heavy atom. The minimum Gasteiger partial charge on any atom is -0.335 e. The normalized spacial score (nSPS) is 23.5. The van der Waals surface area contributed by atoms with Crippen LogP contribution in [0.1, 0.15) is 49.4 Å². The van der Waals surface area contributed by atoms with Crippen LogP contribution in [0.5, 0.6) is 0 Å². The molecule has 156 valence electrons. The highest BCUT2D eigenvalue weighted by Gasteiger charge is 2.48. The molecule has 4 rings (SSSR count). The Morgan fingerprint density at radius 3 is 2.47 bits per heavy atom. The number of nitriles is 1. The Morgan fingerprint density at radius 2 is 1.80 bits per heavy atom. The molecule has 1 amide bonds. The molecule has 2 saturated heterocycles. The first kappa shape index (κ1) is 20.6. The van der Waals surface area contributed by atoms with Crippen LogP contribution in [0.2, 0.25) is 0 Å². The van der Waals surface area contributed by atoms with Gasteiger partial charge in [-0.3, -0.25) is 9.69 Å². The Kier molecular flexibility index (Phi) is 6.20. The number of hydrogen-bond acceptors (Lipinski definition) is 3. The average Bonchev–Trinajstić information content (AvgIpc) is 3.30. The summed E-state index contributed by atoms with van der Waals surface area (Å²) >= 11 is 0. The lowest BCUT2D eigenvalue weighted by Crippen LogP contribution is -2.35. The Bertz CT molecular complexity index is 900. The number of rotatable bonds is 6. The van der Waals surface area contributed by atoms with Gasteiger partial charge in [-0.1, -0.05) is 56.3 Å². The van der Waals surface area contributed by atoms with Crippen LogP contribution in [0.4, 0.5) is 0 Å². The van der Waals surface area contributed by atoms with Gasteiger partial charge in [-0.15, -0.1) is 0 Å². The van der Waals surface area contributed by atoms with E-state index in [9.17, 15) is 4.79 Å². The molecule has 2 aromatic rings. The van der Waals surface area contributed by atoms with Gasteiger partial charge in [0.15, 0.2) is 0 Å². The van der Waals surface area contributed by atoms with E-state index in [-0.39, 0.29) is 6.04 Å². The van der Waals surface area contributed by atoms with Crippen LogP contribution in [0, 0.1) is 29.1 Å². The number of benzene rings is 2. The number of fused-ring (bicyclic) bond motifs is 1. The van der Waals surface area contributed by atoms with Gasteiger partial charge in [-0.25, -0.2) is 0 Å². The van der Waals surface area contributed by atoms with Crippen molar-refractivity contribution in [2.45, 2.75) is 39.3 Å². The van der Waals surface area contributed by atoms with Crippen molar-refractivity contribution in [1.82, 2.24) is 9.80 Å². The van der Waals surface area contributed by atoms with Crippen LogP contribution in [0.25, 0.3) is 0 Å². The van der Waals surface area contributed by atoms with Gasteiger partial charge in [0, 0.05) is 38.5 Å². The largest absolute Gasteiger partial charge is 0.335 e. The maximum absolute atomic E-state index is 13.1. The summed E-state index contributed by atoms with van der Waals surface area (Å²) in [5.74, 6) is 1.87. The highest BCUT2D eigenvalue weighted by atomic mass is 16.2. The van der Waals surface area contributed by atoms with Crippen LogP contribution in [-0.4, -0.2) is 35.3 Å². The summed E-state index contributed by atoms with van der Waals surface area (Å²) in [6.07, 6.45) is 1.60. The SMILES string of the molecule is CC(C)CCC(=O)N1C[C@@H]2CN(Cc3ccc(C#N)cc3)C[C@@H]2[C@H]1c1ccccc1. The van der Waals surface area contributed by atoms with Gasteiger partial charge in [0.2, 0.25) is 5.91 Å². The molecular weight excluding hydrogens is 370 g/mol. The summed E-state index contributed by atoms with van der Waals surface area (Å²) in [5, 5.41) is 9.00. The zero-order chi connectivity index (χ0) is 21.1. The molecule has 2 aromatic carbocycles. The van der Waals surface area contributed by atoms with E-state index in [0.29, 0.717) is 35.6 Å². The molecule has 0 aliphatic carbocycles. The van der Waals surface area contributed by atoms with E-state index in [1.165, 1.54) is 11.1 Å². The van der Waals surface area contributed by atoms with Crippen molar-refractivity contribution in [3.05, 3.63) is 71.3 Å². The van der Waals surface area contributed by atoms with Gasteiger partial charge in [0.25, 0.3) is 0 Å². The molecule has 0 aromatic heterocycles. The van der Waals surface area contributed by atoms with Crippen molar-refractivity contribution < 1.29 is 4.79 Å². The molecule has 2 heterocycles. The first-order valence-corrected chi connectivity index (χ1v) is 11.1. The van der Waals surface area contributed by atoms with Gasteiger partial charge in [-0.05, 0) is 41.5 Å². The molecule has 0 N–H and O–H groups in total. The topological polar surface area (TPSA) is 47.3 Å². The first-order chi connectivity index (χ1) is 14.5. The fraction of sp³-hybridized carbons (Fsp3) is 0.462. The van der Waals surface area contributed by atoms with Crippen molar-refractivity contribution >= 4 is 5.91 Å². The molecule has 2 aliphatic heterocycles. The van der Waals surface area contributed by atoms with Crippen molar-refractivity contribution in [3.63, 3.8) is 0 Å². The Balaban J connectivity index is 1.49. The molecule has 2 aliphatic rings. The third-order valence-corrected chi connectivity index (χ3v) is 6.63. The number of amides is 1. The van der Waals surface area contributed by atoms with Crippen LogP contribution < -0.4 is 0 Å². The van der Waals surface area contributed by atoms with Gasteiger partial charge < -0.3 is 4.90 Å². The lowest BCUT2D eigenvalue weighted by molar-refractivity contribution is -0.133. The predicted octanol–water partition coefficient (Wildman–Crippen LogP) is 4.63. The summed E-state index contributed by atoms with van der Waals surface area (Å²) in [4.78, 5) is 17.8. The summed E-state index contributed by atoms with van der Waals surface area (Å²) in [5.41, 5.74) is 3.22. The van der Waals surface area contributed by atoms with Gasteiger partial charge >= 0.3 is 0 Å². The standard InChI is InChI=1S/C26H31N3O/c1-19(2)8-13-25(30)29-17-23-16-28(15-21-11-9-20(14-27)10-12-21)18-24(23)26(29)22-6-4-3-5-7-22/h3-7,9-12,19,23-24,26H,8,13,15-18H2,1-2H3/t23-,24-,26+/m0/s1. The van der Waals surface area contributed by atoms with E-state index in [4.69, 9.17) is 5.26 Å². The summed E-state index contributed by atoms with van der Waals surface area (Å²) < 4.78 is 0. The van der Waals surface area contributed by atoms with Crippen LogP contribution in [-0.2, 0) is 11.3 Å². The van der Waals surface area contributed by atoms with E-state index in [0.717, 1.165) is 32.6 Å². The number of likely N-dealkylation sites (tertiary alicyclic amines) is 2. The molecule has 2 fully saturated rings. The molecule has 0 saturated carbocycles. The summed E-state index contributed by atoms with van der Waals surface area (Å²) in [7, 11) is 0. The fourth-order valence-corrected chi connectivity index (χ4v) is 5.10. The third kappa shape index (κ3) is 4.42. The van der Waals surface area contributed by atoms with Crippen molar-refractivity contribution in [1.29, 1.82) is 5.26 Å². The molecule has 4 nitrogen and oxygen atoms in total. The zero-order valence-corrected chi connectivity index (χ0v) is 18.0. The van der Waals surface area contributed by atoms with Crippen molar-refractivity contribution in [3.8, 4) is 6.07 Å². The van der Waals surface area contributed by atoms with E-state index < -0.39 is 0 Å². The zero-order valence-electron chi connectivity index (χ0n) is 18.0. The fourth-order valence-electron chi connectivity index (χ4n) is 5.10. The lowest BCUT2D eigenvalue weighted by atomic mass is 9.89. The van der Waals surface area contributed by atoms with Gasteiger partial charge in [-0.2, -0.15) is 5.26 Å². The molecule has 30 heavy (non-hydrogen) atoms. The lowest BCUT2D eigenvalue weighted by Gasteiger charge is -2.30. The van der Waals surface area contributed by atoms with E-state index >= 15 is 0 Å². The quantitative estimate of drug-likeness (QED) is 0.709. The van der Waals surface area contributed by atoms with Crippen LogP contribution >= 0.6 is 0 Å². The summed E-state index contributed by atoms with van der Waals surface area (Å²) in [6, 6.07) is 20.9. The maximum Gasteiger partial charge on any atom is 0.223 e. The molecule has 0 radical (unpaired) electrons. The molecule has 3 atom stereocenters. The smallest absolute Gasteiger partial charge is 0.223 e. The third-order valence-electron chi connectivity index (χ3n) is 6.63. The molecule has 0 unspecified atom stereocenters. The highest BCUT2D eigenvalue weighted by molar-refractivity contribution is 5.77. The summed E-state index contributed by atoms with van der Waals surface area (Å²) in [6.45, 7) is 8.18. The second-order valence-corrected chi connectivity index (χ2v) is 9.26. The van der Waals surface area contributed by atoms with Crippen molar-refractivity contribution in [2.24, 2.45) is 17.8 Å². The number of nitrogens with zero attached hydrogens (tertiary/aromatic N) is 3. The van der Waals surface area contributed by atoms with Crippen LogP contribution in [0.3, 0.4) is 0 Å². The number of carbonyl (C=O) groups is 1.